The fraction of sp³-hybridized carbons (Fsp3) is 0.0833. The number of hydrogen-bond donors (Lipinski definition) is 1. The summed E-state index contributed by atoms with van der Waals surface area (Å²) >= 11 is 22.5. The van der Waals surface area contributed by atoms with Crippen LogP contribution in [0.3, 0.4) is 0 Å². The lowest BCUT2D eigenvalue weighted by Gasteiger charge is -2.10. The topological polar surface area (TPSA) is 54.9 Å². The van der Waals surface area contributed by atoms with E-state index in [-0.39, 0.29) is 21.4 Å². The molecule has 0 radical (unpaired) electrons. The maximum atomic E-state index is 12.3. The summed E-state index contributed by atoms with van der Waals surface area (Å²) in [7, 11) is 0. The molecule has 0 aliphatic heterocycles. The summed E-state index contributed by atoms with van der Waals surface area (Å²) < 4.78 is 0.471. The maximum Gasteiger partial charge on any atom is 0.275 e. The molecule has 1 heterocycles. The highest BCUT2D eigenvalue weighted by molar-refractivity contribution is 9.10. The Morgan fingerprint density at radius 2 is 1.90 bits per heavy atom. The molecular weight excluding hydrogens is 420 g/mol. The quantitative estimate of drug-likeness (QED) is 0.542. The number of hydrogen-bond acceptors (Lipinski definition) is 4. The van der Waals surface area contributed by atoms with Crippen LogP contribution in [0.5, 0.6) is 0 Å². The van der Waals surface area contributed by atoms with E-state index in [0.717, 1.165) is 0 Å². The zero-order valence-electron chi connectivity index (χ0n) is 10.5. The third-order valence-corrected chi connectivity index (χ3v) is 4.32. The Balaban J connectivity index is 2.35. The van der Waals surface area contributed by atoms with Gasteiger partial charge < -0.3 is 5.32 Å². The molecule has 0 aliphatic carbocycles. The second kappa shape index (κ2) is 7.15. The van der Waals surface area contributed by atoms with Crippen molar-refractivity contribution in [1.29, 1.82) is 0 Å². The number of carbonyl (C=O) groups excluding carboxylic acids is 1. The molecule has 4 nitrogen and oxygen atoms in total. The predicted octanol–water partition coefficient (Wildman–Crippen LogP) is 5.17. The molecule has 0 unspecified atom stereocenters. The minimum absolute atomic E-state index is 0.191. The van der Waals surface area contributed by atoms with Crippen molar-refractivity contribution in [1.82, 2.24) is 9.97 Å². The number of carbonyl (C=O) groups is 1. The van der Waals surface area contributed by atoms with Crippen LogP contribution in [0.1, 0.15) is 10.5 Å². The first kappa shape index (κ1) is 16.8. The van der Waals surface area contributed by atoms with Crippen molar-refractivity contribution in [3.8, 4) is 0 Å². The average Bonchev–Trinajstić information content (AvgIpc) is 2.43. The van der Waals surface area contributed by atoms with Crippen molar-refractivity contribution in [2.75, 3.05) is 11.6 Å². The van der Waals surface area contributed by atoms with Crippen LogP contribution >= 0.6 is 62.5 Å². The van der Waals surface area contributed by atoms with Gasteiger partial charge in [0.15, 0.2) is 5.16 Å². The molecule has 1 aromatic heterocycles. The molecule has 110 valence electrons. The van der Waals surface area contributed by atoms with Crippen LogP contribution in [-0.4, -0.2) is 22.1 Å². The van der Waals surface area contributed by atoms with Crippen molar-refractivity contribution in [3.63, 3.8) is 0 Å². The Bertz CT molecular complexity index is 691. The number of thioether (sulfide) groups is 1. The van der Waals surface area contributed by atoms with Crippen LogP contribution in [0.25, 0.3) is 0 Å². The lowest BCUT2D eigenvalue weighted by molar-refractivity contribution is 0.102. The van der Waals surface area contributed by atoms with Gasteiger partial charge in [0, 0.05) is 11.2 Å². The third-order valence-electron chi connectivity index (χ3n) is 2.37. The van der Waals surface area contributed by atoms with Crippen molar-refractivity contribution >= 4 is 74.1 Å². The van der Waals surface area contributed by atoms with E-state index in [4.69, 9.17) is 34.8 Å². The van der Waals surface area contributed by atoms with E-state index in [1.165, 1.54) is 30.1 Å². The van der Waals surface area contributed by atoms with E-state index in [2.05, 4.69) is 31.2 Å². The number of amides is 1. The minimum atomic E-state index is -0.453. The van der Waals surface area contributed by atoms with Gasteiger partial charge in [-0.3, -0.25) is 4.79 Å². The number of nitrogens with zero attached hydrogens (tertiary/aromatic N) is 2. The molecule has 1 N–H and O–H groups in total. The van der Waals surface area contributed by atoms with Gasteiger partial charge in [0.2, 0.25) is 0 Å². The van der Waals surface area contributed by atoms with Crippen LogP contribution in [0.4, 0.5) is 5.69 Å². The summed E-state index contributed by atoms with van der Waals surface area (Å²) in [5.74, 6) is -0.453. The Kier molecular flexibility index (Phi) is 5.73. The average molecular weight is 428 g/mol. The van der Waals surface area contributed by atoms with Crippen LogP contribution < -0.4 is 5.32 Å². The molecule has 0 spiro atoms. The predicted molar refractivity (Wildman–Crippen MR) is 90.9 cm³/mol. The summed E-state index contributed by atoms with van der Waals surface area (Å²) in [6.07, 6.45) is 3.33. The zero-order chi connectivity index (χ0) is 15.6. The molecule has 2 aromatic rings. The summed E-state index contributed by atoms with van der Waals surface area (Å²) in [5.41, 5.74) is 0.473. The number of nitrogens with one attached hydrogen (secondary N) is 1. The van der Waals surface area contributed by atoms with E-state index in [0.29, 0.717) is 14.7 Å². The molecule has 0 atom stereocenters. The molecule has 2 rings (SSSR count). The Labute approximate surface area is 148 Å². The Morgan fingerprint density at radius 3 is 2.48 bits per heavy atom. The van der Waals surface area contributed by atoms with Gasteiger partial charge in [-0.25, -0.2) is 9.97 Å². The first-order valence-electron chi connectivity index (χ1n) is 5.44. The van der Waals surface area contributed by atoms with Crippen molar-refractivity contribution in [3.05, 3.63) is 43.6 Å². The van der Waals surface area contributed by atoms with Crippen molar-refractivity contribution < 1.29 is 4.79 Å². The summed E-state index contributed by atoms with van der Waals surface area (Å²) in [6, 6.07) is 2.99. The monoisotopic (exact) mass is 425 g/mol. The van der Waals surface area contributed by atoms with Crippen LogP contribution in [0.2, 0.25) is 15.1 Å². The van der Waals surface area contributed by atoms with Gasteiger partial charge in [0.1, 0.15) is 5.69 Å². The first-order chi connectivity index (χ1) is 9.92. The fourth-order valence-electron chi connectivity index (χ4n) is 1.44. The second-order valence-corrected chi connectivity index (χ2v) is 6.63. The Hall–Kier alpha value is -0.530. The van der Waals surface area contributed by atoms with Gasteiger partial charge in [-0.2, -0.15) is 0 Å². The molecule has 1 amide bonds. The van der Waals surface area contributed by atoms with Crippen molar-refractivity contribution in [2.45, 2.75) is 5.16 Å². The van der Waals surface area contributed by atoms with Gasteiger partial charge in [-0.15, -0.1) is 0 Å². The van der Waals surface area contributed by atoms with Crippen LogP contribution in [0, 0.1) is 0 Å². The molecule has 0 saturated carbocycles. The summed E-state index contributed by atoms with van der Waals surface area (Å²) in [6.45, 7) is 0. The molecule has 0 aliphatic rings. The lowest BCUT2D eigenvalue weighted by Crippen LogP contribution is -2.16. The van der Waals surface area contributed by atoms with Gasteiger partial charge in [0.25, 0.3) is 5.91 Å². The largest absolute Gasteiger partial charge is 0.318 e. The van der Waals surface area contributed by atoms with E-state index in [1.807, 2.05) is 6.26 Å². The van der Waals surface area contributed by atoms with Crippen molar-refractivity contribution in [2.24, 2.45) is 0 Å². The highest BCUT2D eigenvalue weighted by Crippen LogP contribution is 2.34. The van der Waals surface area contributed by atoms with Crippen LogP contribution in [-0.2, 0) is 0 Å². The van der Waals surface area contributed by atoms with Gasteiger partial charge in [-0.1, -0.05) is 46.6 Å². The van der Waals surface area contributed by atoms with E-state index in [1.54, 1.807) is 0 Å². The summed E-state index contributed by atoms with van der Waals surface area (Å²) in [4.78, 5) is 20.5. The standard InChI is InChI=1S/C12H7BrCl3N3OS/c1-21-12-17-4-6(13)9(19-12)11(20)18-10-7(15)2-5(14)3-8(10)16/h2-4H,1H3,(H,18,20). The highest BCUT2D eigenvalue weighted by atomic mass is 79.9. The fourth-order valence-corrected chi connectivity index (χ4v) is 3.07. The van der Waals surface area contributed by atoms with Gasteiger partial charge in [-0.05, 0) is 34.3 Å². The minimum Gasteiger partial charge on any atom is -0.318 e. The molecular formula is C12H7BrCl3N3OS. The second-order valence-electron chi connectivity index (χ2n) is 3.75. The molecule has 9 heteroatoms. The lowest BCUT2D eigenvalue weighted by atomic mass is 10.3. The number of halogens is 4. The van der Waals surface area contributed by atoms with Crippen LogP contribution in [0.15, 0.2) is 28.0 Å². The highest BCUT2D eigenvalue weighted by Gasteiger charge is 2.17. The number of benzene rings is 1. The maximum absolute atomic E-state index is 12.3. The van der Waals surface area contributed by atoms with Gasteiger partial charge >= 0.3 is 0 Å². The third kappa shape index (κ3) is 4.02. The number of anilines is 1. The summed E-state index contributed by atoms with van der Waals surface area (Å²) in [5, 5.41) is 3.98. The van der Waals surface area contributed by atoms with E-state index < -0.39 is 5.91 Å². The SMILES string of the molecule is CSc1ncc(Br)c(C(=O)Nc2c(Cl)cc(Cl)cc2Cl)n1. The molecule has 0 saturated heterocycles. The molecule has 1 aromatic carbocycles. The van der Waals surface area contributed by atoms with E-state index in [9.17, 15) is 4.79 Å². The molecule has 0 fully saturated rings. The molecule has 0 bridgehead atoms. The first-order valence-corrected chi connectivity index (χ1v) is 8.60. The normalized spacial score (nSPS) is 10.5. The van der Waals surface area contributed by atoms with Gasteiger partial charge in [0.05, 0.1) is 20.2 Å². The number of aromatic nitrogens is 2. The van der Waals surface area contributed by atoms with E-state index >= 15 is 0 Å². The molecule has 21 heavy (non-hydrogen) atoms. The Morgan fingerprint density at radius 1 is 1.29 bits per heavy atom. The zero-order valence-corrected chi connectivity index (χ0v) is 15.1. The number of rotatable bonds is 3. The smallest absolute Gasteiger partial charge is 0.275 e.